The molecule has 1 aromatic rings. The van der Waals surface area contributed by atoms with Gasteiger partial charge in [0.15, 0.2) is 0 Å². The Kier molecular flexibility index (Phi) is 10.9. The molecule has 0 N–H and O–H groups in total. The third-order valence-electron chi connectivity index (χ3n) is 4.24. The van der Waals surface area contributed by atoms with E-state index in [-0.39, 0.29) is 44.1 Å². The van der Waals surface area contributed by atoms with Crippen LogP contribution in [0, 0.1) is 44.6 Å². The van der Waals surface area contributed by atoms with E-state index in [1.165, 1.54) is 17.6 Å². The Hall–Kier alpha value is -0.648. The minimum absolute atomic E-state index is 0. The molecule has 2 rings (SSSR count). The number of fused-ring (bicyclic) bond motifs is 1. The fourth-order valence-corrected chi connectivity index (χ4v) is 2.81. The van der Waals surface area contributed by atoms with Gasteiger partial charge in [0.2, 0.25) is 0 Å². The summed E-state index contributed by atoms with van der Waals surface area (Å²) in [4.78, 5) is 0. The molecule has 0 amide bonds. The van der Waals surface area contributed by atoms with Gasteiger partial charge in [0, 0.05) is 11.5 Å². The Morgan fingerprint density at radius 2 is 2.08 bits per heavy atom. The van der Waals surface area contributed by atoms with Crippen molar-refractivity contribution in [1.82, 2.24) is 0 Å². The zero-order valence-corrected chi connectivity index (χ0v) is 20.8. The summed E-state index contributed by atoms with van der Waals surface area (Å²) in [5, 5.41) is 0. The summed E-state index contributed by atoms with van der Waals surface area (Å²) in [5.74, 6) is 1.71. The normalized spacial score (nSPS) is 17.5. The predicted molar refractivity (Wildman–Crippen MR) is 104 cm³/mol. The Bertz CT molecular complexity index is 600. The van der Waals surface area contributed by atoms with Crippen LogP contribution >= 0.6 is 0 Å². The van der Waals surface area contributed by atoms with Gasteiger partial charge in [0.1, 0.15) is 5.60 Å². The molecule has 0 radical (unpaired) electrons. The number of hydrogen-bond donors (Lipinski definition) is 0. The van der Waals surface area contributed by atoms with Gasteiger partial charge in [0.25, 0.3) is 0 Å². The molecule has 1 atom stereocenters. The third-order valence-corrected chi connectivity index (χ3v) is 4.24. The number of aryl methyl sites for hydroxylation is 1. The predicted octanol–water partition coefficient (Wildman–Crippen LogP) is 6.20. The van der Waals surface area contributed by atoms with Gasteiger partial charge in [-0.15, -0.1) is 18.2 Å². The minimum Gasteiger partial charge on any atom is -0.521 e. The van der Waals surface area contributed by atoms with Crippen molar-refractivity contribution in [3.05, 3.63) is 48.4 Å². The van der Waals surface area contributed by atoms with Gasteiger partial charge in [-0.2, -0.15) is 5.56 Å². The van der Waals surface area contributed by atoms with Gasteiger partial charge in [-0.25, -0.2) is 0 Å². The molecule has 25 heavy (non-hydrogen) atoms. The van der Waals surface area contributed by atoms with Crippen LogP contribution in [0.15, 0.2) is 23.8 Å². The van der Waals surface area contributed by atoms with Gasteiger partial charge in [-0.05, 0) is 33.6 Å². The van der Waals surface area contributed by atoms with Crippen molar-refractivity contribution < 1.29 is 40.6 Å². The van der Waals surface area contributed by atoms with E-state index in [9.17, 15) is 0 Å². The Labute approximate surface area is 178 Å². The first-order valence-electron chi connectivity index (χ1n) is 8.62. The fraction of sp³-hybridized carbons (Fsp3) is 0.500. The molecule has 1 aliphatic heterocycles. The molecule has 1 heterocycles. The van der Waals surface area contributed by atoms with Crippen LogP contribution < -0.4 is 9.47 Å². The van der Waals surface area contributed by atoms with Crippen LogP contribution in [0.3, 0.4) is 0 Å². The number of benzene rings is 1. The molecule has 1 aliphatic rings. The quantitative estimate of drug-likeness (QED) is 0.289. The molecule has 0 bridgehead atoms. The van der Waals surface area contributed by atoms with Crippen LogP contribution in [0.2, 0.25) is 0 Å². The minimum atomic E-state index is -0.274. The second-order valence-electron chi connectivity index (χ2n) is 6.78. The molecule has 1 unspecified atom stereocenters. The van der Waals surface area contributed by atoms with Gasteiger partial charge < -0.3 is 16.9 Å². The second kappa shape index (κ2) is 11.1. The SMILES string of the molecule is CCCCc1[c-]c2c(c(OC)c1)C=CC(C)(CCC=C(C)C)O2.[CH3-].[U+2]. The summed E-state index contributed by atoms with van der Waals surface area (Å²) in [7, 11) is 1.72. The number of methoxy groups -OCH3 is 1. The van der Waals surface area contributed by atoms with Crippen molar-refractivity contribution in [2.45, 2.75) is 65.4 Å². The number of ether oxygens (including phenoxy) is 2. The topological polar surface area (TPSA) is 18.5 Å². The maximum Gasteiger partial charge on any atom is 2.00 e. The smallest absolute Gasteiger partial charge is 0.521 e. The summed E-state index contributed by atoms with van der Waals surface area (Å²) in [5.41, 5.74) is 3.25. The standard InChI is InChI=1S/C21H29O2.CH3.U/c1-6-7-10-17-14-19(22-5)18-11-13-21(4,23-20(18)15-17)12-8-9-16(2)3;;/h9,11,13-14H,6-8,10,12H2,1-5H3;1H3;/q2*-1;+2. The van der Waals surface area contributed by atoms with Crippen LogP contribution in [-0.4, -0.2) is 12.7 Å². The Balaban J connectivity index is 0.00000288. The molecule has 0 spiro atoms. The van der Waals surface area contributed by atoms with Crippen LogP contribution in [0.4, 0.5) is 0 Å². The largest absolute Gasteiger partial charge is 2.00 e. The van der Waals surface area contributed by atoms with Gasteiger partial charge in [-0.1, -0.05) is 49.5 Å². The summed E-state index contributed by atoms with van der Waals surface area (Å²) in [6.45, 7) is 8.61. The summed E-state index contributed by atoms with van der Waals surface area (Å²) in [6, 6.07) is 5.55. The van der Waals surface area contributed by atoms with E-state index in [1.807, 2.05) is 0 Å². The van der Waals surface area contributed by atoms with Crippen LogP contribution in [0.1, 0.15) is 64.5 Å². The van der Waals surface area contributed by atoms with Crippen molar-refractivity contribution in [2.24, 2.45) is 0 Å². The van der Waals surface area contributed by atoms with E-state index in [0.29, 0.717) is 0 Å². The molecule has 1 aromatic carbocycles. The molecule has 0 fully saturated rings. The first-order valence-corrected chi connectivity index (χ1v) is 8.62. The van der Waals surface area contributed by atoms with Crippen LogP contribution in [0.25, 0.3) is 6.08 Å². The molecule has 3 heteroatoms. The molecule has 136 valence electrons. The number of hydrogen-bond acceptors (Lipinski definition) is 2. The van der Waals surface area contributed by atoms with E-state index in [2.05, 4.69) is 58.1 Å². The summed E-state index contributed by atoms with van der Waals surface area (Å²) >= 11 is 0. The molecule has 0 saturated heterocycles. The second-order valence-corrected chi connectivity index (χ2v) is 6.78. The van der Waals surface area contributed by atoms with Gasteiger partial charge in [0.05, 0.1) is 7.11 Å². The van der Waals surface area contributed by atoms with Gasteiger partial charge in [-0.3, -0.25) is 0 Å². The number of unbranched alkanes of at least 4 members (excludes halogenated alkanes) is 1. The van der Waals surface area contributed by atoms with Crippen molar-refractivity contribution >= 4 is 6.08 Å². The van der Waals surface area contributed by atoms with Crippen molar-refractivity contribution in [3.8, 4) is 11.5 Å². The maximum atomic E-state index is 6.31. The average molecular weight is 567 g/mol. The molecular weight excluding hydrogens is 534 g/mol. The molecule has 0 aromatic heterocycles. The van der Waals surface area contributed by atoms with E-state index in [4.69, 9.17) is 9.47 Å². The molecule has 2 nitrogen and oxygen atoms in total. The molecule has 0 saturated carbocycles. The van der Waals surface area contributed by atoms with E-state index in [1.54, 1.807) is 7.11 Å². The van der Waals surface area contributed by atoms with Crippen molar-refractivity contribution in [1.29, 1.82) is 0 Å². The van der Waals surface area contributed by atoms with Crippen molar-refractivity contribution in [3.63, 3.8) is 0 Å². The van der Waals surface area contributed by atoms with Crippen LogP contribution in [-0.2, 0) is 6.42 Å². The zero-order valence-electron chi connectivity index (χ0n) is 16.7. The third kappa shape index (κ3) is 6.87. The number of allylic oxidation sites excluding steroid dienone is 2. The number of rotatable bonds is 7. The fourth-order valence-electron chi connectivity index (χ4n) is 2.81. The van der Waals surface area contributed by atoms with E-state index < -0.39 is 0 Å². The van der Waals surface area contributed by atoms with Gasteiger partial charge >= 0.3 is 31.1 Å². The van der Waals surface area contributed by atoms with Crippen molar-refractivity contribution in [2.75, 3.05) is 7.11 Å². The van der Waals surface area contributed by atoms with E-state index >= 15 is 0 Å². The maximum absolute atomic E-state index is 6.31. The summed E-state index contributed by atoms with van der Waals surface area (Å²) in [6.07, 6.45) is 11.9. The first-order chi connectivity index (χ1) is 11.0. The first kappa shape index (κ1) is 24.4. The Morgan fingerprint density at radius 3 is 2.68 bits per heavy atom. The monoisotopic (exact) mass is 566 g/mol. The molecular formula is C22H32O2U. The summed E-state index contributed by atoms with van der Waals surface area (Å²) < 4.78 is 11.9. The molecule has 0 aliphatic carbocycles. The van der Waals surface area contributed by atoms with Crippen LogP contribution in [0.5, 0.6) is 11.5 Å². The van der Waals surface area contributed by atoms with E-state index in [0.717, 1.165) is 42.7 Å². The Morgan fingerprint density at radius 1 is 1.36 bits per heavy atom. The zero-order chi connectivity index (χ0) is 16.9. The average Bonchev–Trinajstić information content (AvgIpc) is 2.51.